The van der Waals surface area contributed by atoms with Crippen molar-refractivity contribution < 1.29 is 0 Å². The highest BCUT2D eigenvalue weighted by molar-refractivity contribution is 6.30. The average molecular weight is 457 g/mol. The van der Waals surface area contributed by atoms with E-state index in [0.717, 1.165) is 42.1 Å². The Balaban J connectivity index is 0.00000231. The van der Waals surface area contributed by atoms with Gasteiger partial charge in [0, 0.05) is 29.5 Å². The fraction of sp³-hybridized carbons (Fsp3) is 0.292. The highest BCUT2D eigenvalue weighted by Gasteiger charge is 2.28. The fourth-order valence-electron chi connectivity index (χ4n) is 4.43. The van der Waals surface area contributed by atoms with Gasteiger partial charge in [-0.3, -0.25) is 14.3 Å². The molecule has 1 unspecified atom stereocenters. The number of anilines is 1. The van der Waals surface area contributed by atoms with Crippen molar-refractivity contribution in [2.24, 2.45) is 0 Å². The zero-order chi connectivity index (χ0) is 20.7. The highest BCUT2D eigenvalue weighted by Crippen LogP contribution is 2.30. The zero-order valence-corrected chi connectivity index (χ0v) is 19.0. The summed E-state index contributed by atoms with van der Waals surface area (Å²) in [4.78, 5) is 15.4. The number of benzene rings is 2. The number of aromatic nitrogens is 1. The quantitative estimate of drug-likeness (QED) is 0.588. The number of hydrogen-bond donors (Lipinski definition) is 1. The molecule has 0 saturated carbocycles. The van der Waals surface area contributed by atoms with E-state index < -0.39 is 0 Å². The Hall–Kier alpha value is -2.31. The maximum atomic E-state index is 12.8. The van der Waals surface area contributed by atoms with Crippen molar-refractivity contribution >= 4 is 29.7 Å². The van der Waals surface area contributed by atoms with E-state index >= 15 is 0 Å². The summed E-state index contributed by atoms with van der Waals surface area (Å²) in [6, 6.07) is 17.4. The van der Waals surface area contributed by atoms with Gasteiger partial charge in [0.1, 0.15) is 0 Å². The second-order valence-electron chi connectivity index (χ2n) is 8.09. The molecular formula is C24H26Cl2N4O. The van der Waals surface area contributed by atoms with E-state index in [-0.39, 0.29) is 18.0 Å². The van der Waals surface area contributed by atoms with Gasteiger partial charge in [0.05, 0.1) is 11.9 Å². The van der Waals surface area contributed by atoms with Gasteiger partial charge in [-0.15, -0.1) is 12.4 Å². The first kappa shape index (κ1) is 21.9. The van der Waals surface area contributed by atoms with Crippen LogP contribution in [0.3, 0.4) is 0 Å². The maximum Gasteiger partial charge on any atom is 0.255 e. The molecule has 5 rings (SSSR count). The summed E-state index contributed by atoms with van der Waals surface area (Å²) in [6.07, 6.45) is 4.75. The molecule has 1 aromatic heterocycles. The molecule has 1 atom stereocenters. The number of pyridine rings is 1. The van der Waals surface area contributed by atoms with E-state index in [1.807, 2.05) is 42.6 Å². The van der Waals surface area contributed by atoms with Gasteiger partial charge in [-0.2, -0.15) is 0 Å². The summed E-state index contributed by atoms with van der Waals surface area (Å²) in [5.74, 6) is 0. The zero-order valence-electron chi connectivity index (χ0n) is 17.4. The van der Waals surface area contributed by atoms with Crippen molar-refractivity contribution in [3.8, 4) is 16.8 Å². The maximum absolute atomic E-state index is 12.8. The van der Waals surface area contributed by atoms with Crippen molar-refractivity contribution in [3.63, 3.8) is 0 Å². The number of halogens is 2. The molecule has 31 heavy (non-hydrogen) atoms. The van der Waals surface area contributed by atoms with Crippen molar-refractivity contribution in [2.75, 3.05) is 18.5 Å². The number of fused-ring (bicyclic) bond motifs is 1. The summed E-state index contributed by atoms with van der Waals surface area (Å²) in [5.41, 5.74) is 8.50. The third kappa shape index (κ3) is 4.37. The van der Waals surface area contributed by atoms with Crippen LogP contribution in [0, 0.1) is 0 Å². The Bertz CT molecular complexity index is 1140. The third-order valence-corrected chi connectivity index (χ3v) is 6.40. The lowest BCUT2D eigenvalue weighted by Crippen LogP contribution is -2.45. The second-order valence-corrected chi connectivity index (χ2v) is 8.53. The molecule has 0 aliphatic carbocycles. The van der Waals surface area contributed by atoms with E-state index in [0.29, 0.717) is 11.2 Å². The monoisotopic (exact) mass is 456 g/mol. The van der Waals surface area contributed by atoms with E-state index in [1.54, 1.807) is 10.6 Å². The molecule has 5 nitrogen and oxygen atoms in total. The minimum atomic E-state index is -0.0549. The van der Waals surface area contributed by atoms with Crippen molar-refractivity contribution in [2.45, 2.75) is 32.5 Å². The Kier molecular flexibility index (Phi) is 6.39. The summed E-state index contributed by atoms with van der Waals surface area (Å²) in [7, 11) is 0. The van der Waals surface area contributed by atoms with Gasteiger partial charge in [0.25, 0.3) is 5.56 Å². The molecule has 7 heteroatoms. The number of rotatable bonds is 4. The number of hydrazine groups is 1. The Labute approximate surface area is 193 Å². The topological polar surface area (TPSA) is 40.5 Å². The summed E-state index contributed by atoms with van der Waals surface area (Å²) in [5, 5.41) is 2.95. The third-order valence-electron chi connectivity index (χ3n) is 6.17. The molecule has 2 aliphatic heterocycles. The molecule has 0 spiro atoms. The van der Waals surface area contributed by atoms with Gasteiger partial charge in [-0.05, 0) is 85.9 Å². The predicted molar refractivity (Wildman–Crippen MR) is 129 cm³/mol. The van der Waals surface area contributed by atoms with Crippen LogP contribution in [-0.2, 0) is 6.54 Å². The summed E-state index contributed by atoms with van der Waals surface area (Å²) >= 11 is 6.09. The lowest BCUT2D eigenvalue weighted by Gasteiger charge is -2.32. The molecule has 2 aromatic carbocycles. The standard InChI is InChI=1S/C24H25ClN4O.ClH/c1-17(27-10-2-3-11-27)29-16-20-14-22(7-8-23(20)26-29)28-12-9-19(15-24(28)30)18-5-4-6-21(25)13-18;/h4-9,12-15,17,26H,2-3,10-11,16H2,1H3;1H. The first-order valence-electron chi connectivity index (χ1n) is 10.5. The van der Waals surface area contributed by atoms with Gasteiger partial charge in [-0.25, -0.2) is 5.01 Å². The average Bonchev–Trinajstić information content (AvgIpc) is 3.42. The molecule has 3 heterocycles. The van der Waals surface area contributed by atoms with E-state index in [1.165, 1.54) is 18.4 Å². The largest absolute Gasteiger partial charge is 0.317 e. The molecule has 2 aliphatic rings. The van der Waals surface area contributed by atoms with E-state index in [4.69, 9.17) is 11.6 Å². The highest BCUT2D eigenvalue weighted by atomic mass is 35.5. The molecule has 3 aromatic rings. The predicted octanol–water partition coefficient (Wildman–Crippen LogP) is 5.16. The minimum absolute atomic E-state index is 0. The van der Waals surface area contributed by atoms with Crippen molar-refractivity contribution in [1.82, 2.24) is 14.5 Å². The van der Waals surface area contributed by atoms with Gasteiger partial charge in [0.15, 0.2) is 0 Å². The smallest absolute Gasteiger partial charge is 0.255 e. The fourth-order valence-corrected chi connectivity index (χ4v) is 4.62. The first-order valence-corrected chi connectivity index (χ1v) is 10.9. The van der Waals surface area contributed by atoms with Crippen LogP contribution < -0.4 is 11.0 Å². The van der Waals surface area contributed by atoms with Crippen LogP contribution >= 0.6 is 24.0 Å². The van der Waals surface area contributed by atoms with Crippen LogP contribution in [0.2, 0.25) is 5.02 Å². The molecule has 162 valence electrons. The summed E-state index contributed by atoms with van der Waals surface area (Å²) in [6.45, 7) is 5.41. The molecule has 1 saturated heterocycles. The first-order chi connectivity index (χ1) is 14.6. The number of likely N-dealkylation sites (tertiary alicyclic amines) is 1. The van der Waals surface area contributed by atoms with Crippen LogP contribution in [0.25, 0.3) is 16.8 Å². The van der Waals surface area contributed by atoms with E-state index in [9.17, 15) is 4.79 Å². The SMILES string of the molecule is CC(N1CCCC1)N1Cc2cc(-n3ccc(-c4cccc(Cl)c4)cc3=O)ccc2N1.Cl. The molecule has 1 N–H and O–H groups in total. The van der Waals surface area contributed by atoms with Crippen LogP contribution in [0.15, 0.2) is 65.6 Å². The molecule has 1 fully saturated rings. The molecule has 0 amide bonds. The summed E-state index contributed by atoms with van der Waals surface area (Å²) < 4.78 is 1.70. The van der Waals surface area contributed by atoms with Crippen LogP contribution in [0.4, 0.5) is 5.69 Å². The Morgan fingerprint density at radius 1 is 1.00 bits per heavy atom. The van der Waals surface area contributed by atoms with Gasteiger partial charge in [-0.1, -0.05) is 23.7 Å². The molecule has 0 radical (unpaired) electrons. The molecule has 0 bridgehead atoms. The number of nitrogens with one attached hydrogen (secondary N) is 1. The lowest BCUT2D eigenvalue weighted by molar-refractivity contribution is 0.0963. The van der Waals surface area contributed by atoms with Crippen LogP contribution in [0.5, 0.6) is 0 Å². The normalized spacial score (nSPS) is 17.1. The molecular weight excluding hydrogens is 431 g/mol. The Morgan fingerprint density at radius 2 is 1.77 bits per heavy atom. The lowest BCUT2D eigenvalue weighted by atomic mass is 10.1. The van der Waals surface area contributed by atoms with Crippen LogP contribution in [0.1, 0.15) is 25.3 Å². The van der Waals surface area contributed by atoms with Crippen LogP contribution in [-0.4, -0.2) is 33.7 Å². The second kappa shape index (κ2) is 9.05. The number of hydrogen-bond acceptors (Lipinski definition) is 4. The van der Waals surface area contributed by atoms with Crippen molar-refractivity contribution in [3.05, 3.63) is 81.7 Å². The van der Waals surface area contributed by atoms with E-state index in [2.05, 4.69) is 34.4 Å². The van der Waals surface area contributed by atoms with Crippen molar-refractivity contribution in [1.29, 1.82) is 0 Å². The Morgan fingerprint density at radius 3 is 2.52 bits per heavy atom. The minimum Gasteiger partial charge on any atom is -0.317 e. The number of nitrogens with zero attached hydrogens (tertiary/aromatic N) is 3. The van der Waals surface area contributed by atoms with Gasteiger partial charge in [0.2, 0.25) is 0 Å². The van der Waals surface area contributed by atoms with Gasteiger partial charge < -0.3 is 5.43 Å². The van der Waals surface area contributed by atoms with Gasteiger partial charge >= 0.3 is 0 Å².